The van der Waals surface area contributed by atoms with Crippen LogP contribution in [0.1, 0.15) is 37.8 Å². The summed E-state index contributed by atoms with van der Waals surface area (Å²) in [6.07, 6.45) is 4.22. The highest BCUT2D eigenvalue weighted by Gasteiger charge is 2.28. The molecule has 0 fully saturated rings. The second kappa shape index (κ2) is 7.45. The van der Waals surface area contributed by atoms with E-state index in [1.807, 2.05) is 6.07 Å². The van der Waals surface area contributed by atoms with E-state index in [1.165, 1.54) is 17.0 Å². The minimum absolute atomic E-state index is 0.128. The highest BCUT2D eigenvalue weighted by atomic mass is 32.2. The van der Waals surface area contributed by atoms with Gasteiger partial charge in [-0.2, -0.15) is 4.31 Å². The third-order valence-electron chi connectivity index (χ3n) is 4.39. The summed E-state index contributed by atoms with van der Waals surface area (Å²) in [6.45, 7) is 3.90. The number of aryl methyl sites for hydroxylation is 2. The van der Waals surface area contributed by atoms with Crippen molar-refractivity contribution in [3.8, 4) is 0 Å². The molecule has 6 heteroatoms. The van der Waals surface area contributed by atoms with Crippen LogP contribution in [0.3, 0.4) is 0 Å². The highest BCUT2D eigenvalue weighted by Crippen LogP contribution is 2.26. The summed E-state index contributed by atoms with van der Waals surface area (Å²) in [6, 6.07) is 5.42. The van der Waals surface area contributed by atoms with E-state index >= 15 is 0 Å². The van der Waals surface area contributed by atoms with E-state index < -0.39 is 21.9 Å². The van der Waals surface area contributed by atoms with Crippen molar-refractivity contribution in [3.63, 3.8) is 0 Å². The minimum atomic E-state index is -3.60. The predicted molar refractivity (Wildman–Crippen MR) is 88.7 cm³/mol. The van der Waals surface area contributed by atoms with Crippen molar-refractivity contribution in [2.75, 3.05) is 20.2 Å². The summed E-state index contributed by atoms with van der Waals surface area (Å²) in [5, 5.41) is 0. The van der Waals surface area contributed by atoms with Gasteiger partial charge in [-0.25, -0.2) is 8.42 Å². The lowest BCUT2D eigenvalue weighted by Gasteiger charge is -2.24. The third-order valence-corrected chi connectivity index (χ3v) is 6.33. The number of carbonyl (C=O) groups is 1. The molecule has 0 N–H and O–H groups in total. The second-order valence-electron chi connectivity index (χ2n) is 6.02. The summed E-state index contributed by atoms with van der Waals surface area (Å²) in [7, 11) is -2.28. The smallest absolute Gasteiger partial charge is 0.309 e. The van der Waals surface area contributed by atoms with Crippen LogP contribution in [-0.2, 0) is 32.4 Å². The number of methoxy groups -OCH3 is 1. The van der Waals surface area contributed by atoms with Crippen LogP contribution in [0.25, 0.3) is 0 Å². The Bertz CT molecular complexity index is 669. The van der Waals surface area contributed by atoms with Crippen LogP contribution in [0.15, 0.2) is 23.1 Å². The molecule has 1 aromatic carbocycles. The minimum Gasteiger partial charge on any atom is -0.469 e. The van der Waals surface area contributed by atoms with Crippen LogP contribution in [0.4, 0.5) is 0 Å². The zero-order valence-corrected chi connectivity index (χ0v) is 14.9. The van der Waals surface area contributed by atoms with Crippen molar-refractivity contribution >= 4 is 16.0 Å². The van der Waals surface area contributed by atoms with Gasteiger partial charge in [0.25, 0.3) is 0 Å². The Morgan fingerprint density at radius 1 is 1.26 bits per heavy atom. The molecule has 1 aliphatic carbocycles. The number of nitrogens with zero attached hydrogens (tertiary/aromatic N) is 1. The first-order valence-electron chi connectivity index (χ1n) is 8.10. The van der Waals surface area contributed by atoms with Crippen LogP contribution in [0, 0.1) is 5.92 Å². The molecule has 128 valence electrons. The van der Waals surface area contributed by atoms with Crippen molar-refractivity contribution in [2.24, 2.45) is 5.92 Å². The van der Waals surface area contributed by atoms with Crippen LogP contribution in [0.5, 0.6) is 0 Å². The summed E-state index contributed by atoms with van der Waals surface area (Å²) in [5.41, 5.74) is 2.38. The summed E-state index contributed by atoms with van der Waals surface area (Å²) in [4.78, 5) is 11.9. The summed E-state index contributed by atoms with van der Waals surface area (Å²) >= 11 is 0. The monoisotopic (exact) mass is 339 g/mol. The van der Waals surface area contributed by atoms with E-state index in [1.54, 1.807) is 26.0 Å². The van der Waals surface area contributed by atoms with Gasteiger partial charge in [0.1, 0.15) is 0 Å². The number of fused-ring (bicyclic) bond motifs is 1. The molecule has 0 aromatic heterocycles. The molecule has 23 heavy (non-hydrogen) atoms. The maximum Gasteiger partial charge on any atom is 0.309 e. The zero-order chi connectivity index (χ0) is 17.0. The average molecular weight is 339 g/mol. The standard InChI is InChI=1S/C17H25NO4S/c1-4-18(12-13(2)17(19)22-3)23(20,21)16-10-9-14-7-5-6-8-15(14)11-16/h9-11,13H,4-8,12H2,1-3H3. The Kier molecular flexibility index (Phi) is 5.81. The number of hydrogen-bond donors (Lipinski definition) is 0. The fourth-order valence-electron chi connectivity index (χ4n) is 3.00. The topological polar surface area (TPSA) is 63.7 Å². The third kappa shape index (κ3) is 3.93. The Hall–Kier alpha value is -1.40. The molecule has 1 atom stereocenters. The van der Waals surface area contributed by atoms with Gasteiger partial charge in [0.05, 0.1) is 17.9 Å². The molecule has 1 unspecified atom stereocenters. The van der Waals surface area contributed by atoms with Crippen molar-refractivity contribution in [3.05, 3.63) is 29.3 Å². The molecular weight excluding hydrogens is 314 g/mol. The van der Waals surface area contributed by atoms with E-state index in [2.05, 4.69) is 4.74 Å². The van der Waals surface area contributed by atoms with E-state index in [9.17, 15) is 13.2 Å². The van der Waals surface area contributed by atoms with Crippen molar-refractivity contribution in [1.29, 1.82) is 0 Å². The number of benzene rings is 1. The van der Waals surface area contributed by atoms with Crippen LogP contribution in [0.2, 0.25) is 0 Å². The lowest BCUT2D eigenvalue weighted by molar-refractivity contribution is -0.145. The molecular formula is C17H25NO4S. The Morgan fingerprint density at radius 2 is 1.91 bits per heavy atom. The van der Waals surface area contributed by atoms with Gasteiger partial charge >= 0.3 is 5.97 Å². The van der Waals surface area contributed by atoms with Crippen molar-refractivity contribution < 1.29 is 17.9 Å². The van der Waals surface area contributed by atoms with Gasteiger partial charge < -0.3 is 4.74 Å². The number of hydrogen-bond acceptors (Lipinski definition) is 4. The van der Waals surface area contributed by atoms with Gasteiger partial charge in [0.15, 0.2) is 0 Å². The fraction of sp³-hybridized carbons (Fsp3) is 0.588. The molecule has 1 aliphatic rings. The highest BCUT2D eigenvalue weighted by molar-refractivity contribution is 7.89. The number of carbonyl (C=O) groups excluding carboxylic acids is 1. The van der Waals surface area contributed by atoms with Crippen LogP contribution in [-0.4, -0.2) is 38.9 Å². The molecule has 2 rings (SSSR count). The normalized spacial score (nSPS) is 16.0. The number of sulfonamides is 1. The van der Waals surface area contributed by atoms with E-state index in [4.69, 9.17) is 0 Å². The van der Waals surface area contributed by atoms with E-state index in [-0.39, 0.29) is 6.54 Å². The number of ether oxygens (including phenoxy) is 1. The molecule has 1 aromatic rings. The number of esters is 1. The Balaban J connectivity index is 2.26. The Labute approximate surface area is 138 Å². The lowest BCUT2D eigenvalue weighted by atomic mass is 9.92. The molecule has 0 spiro atoms. The first-order chi connectivity index (χ1) is 10.9. The molecule has 0 saturated heterocycles. The van der Waals surface area contributed by atoms with Crippen LogP contribution < -0.4 is 0 Å². The van der Waals surface area contributed by atoms with Crippen molar-refractivity contribution in [2.45, 2.75) is 44.4 Å². The predicted octanol–water partition coefficient (Wildman–Crippen LogP) is 2.39. The number of rotatable bonds is 6. The quantitative estimate of drug-likeness (QED) is 0.747. The van der Waals surface area contributed by atoms with E-state index in [0.29, 0.717) is 11.4 Å². The first kappa shape index (κ1) is 17.9. The maximum absolute atomic E-state index is 12.9. The molecule has 5 nitrogen and oxygen atoms in total. The van der Waals surface area contributed by atoms with Gasteiger partial charge in [-0.15, -0.1) is 0 Å². The second-order valence-corrected chi connectivity index (χ2v) is 7.96. The fourth-order valence-corrected chi connectivity index (χ4v) is 4.59. The summed E-state index contributed by atoms with van der Waals surface area (Å²) < 4.78 is 31.8. The largest absolute Gasteiger partial charge is 0.469 e. The van der Waals surface area contributed by atoms with Gasteiger partial charge in [0.2, 0.25) is 10.0 Å². The average Bonchev–Trinajstić information content (AvgIpc) is 2.57. The molecule has 0 bridgehead atoms. The van der Waals surface area contributed by atoms with Crippen LogP contribution >= 0.6 is 0 Å². The van der Waals surface area contributed by atoms with Gasteiger partial charge in [-0.3, -0.25) is 4.79 Å². The zero-order valence-electron chi connectivity index (χ0n) is 14.0. The molecule has 0 amide bonds. The van der Waals surface area contributed by atoms with E-state index in [0.717, 1.165) is 31.2 Å². The lowest BCUT2D eigenvalue weighted by Crippen LogP contribution is -2.37. The summed E-state index contributed by atoms with van der Waals surface area (Å²) in [5.74, 6) is -0.892. The molecule has 0 radical (unpaired) electrons. The molecule has 0 heterocycles. The van der Waals surface area contributed by atoms with Gasteiger partial charge in [0, 0.05) is 13.1 Å². The first-order valence-corrected chi connectivity index (χ1v) is 9.54. The van der Waals surface area contributed by atoms with Gasteiger partial charge in [-0.05, 0) is 48.9 Å². The molecule has 0 aliphatic heterocycles. The SMILES string of the molecule is CCN(CC(C)C(=O)OC)S(=O)(=O)c1ccc2c(c1)CCCC2. The Morgan fingerprint density at radius 3 is 2.52 bits per heavy atom. The maximum atomic E-state index is 12.9. The van der Waals surface area contributed by atoms with Gasteiger partial charge in [-0.1, -0.05) is 19.9 Å². The van der Waals surface area contributed by atoms with Crippen molar-refractivity contribution in [1.82, 2.24) is 4.31 Å². The molecule has 0 saturated carbocycles.